The Kier molecular flexibility index (Phi) is 4.75. The Morgan fingerprint density at radius 3 is 2.50 bits per heavy atom. The topological polar surface area (TPSA) is 98.0 Å². The van der Waals surface area contributed by atoms with E-state index in [1.165, 1.54) is 5.69 Å². The highest BCUT2D eigenvalue weighted by atomic mass is 16.3. The van der Waals surface area contributed by atoms with Gasteiger partial charge in [0.25, 0.3) is 5.56 Å². The lowest BCUT2D eigenvalue weighted by Crippen LogP contribution is -2.44. The van der Waals surface area contributed by atoms with Gasteiger partial charge in [-0.2, -0.15) is 0 Å². The molecule has 0 amide bonds. The number of pyridine rings is 1. The number of fused-ring (bicyclic) bond motifs is 1. The lowest BCUT2D eigenvalue weighted by Gasteiger charge is -2.34. The van der Waals surface area contributed by atoms with Crippen molar-refractivity contribution in [1.29, 1.82) is 0 Å². The summed E-state index contributed by atoms with van der Waals surface area (Å²) in [7, 11) is 2.14. The third kappa shape index (κ3) is 3.57. The van der Waals surface area contributed by atoms with Gasteiger partial charge in [-0.05, 0) is 49.5 Å². The third-order valence-corrected chi connectivity index (χ3v) is 5.13. The van der Waals surface area contributed by atoms with Gasteiger partial charge in [0.2, 0.25) is 5.88 Å². The molecule has 3 aromatic rings. The van der Waals surface area contributed by atoms with Crippen molar-refractivity contribution in [1.82, 2.24) is 9.88 Å². The average molecular weight is 377 g/mol. The number of piperazine rings is 1. The molecule has 4 N–H and O–H groups in total. The first-order valence-corrected chi connectivity index (χ1v) is 9.23. The quantitative estimate of drug-likeness (QED) is 0.481. The monoisotopic (exact) mass is 377 g/mol. The van der Waals surface area contributed by atoms with Crippen molar-refractivity contribution in [2.75, 3.05) is 43.9 Å². The molecule has 0 spiro atoms. The van der Waals surface area contributed by atoms with Crippen molar-refractivity contribution in [3.8, 4) is 5.88 Å². The zero-order valence-electron chi connectivity index (χ0n) is 15.7. The summed E-state index contributed by atoms with van der Waals surface area (Å²) >= 11 is 0. The van der Waals surface area contributed by atoms with Crippen LogP contribution >= 0.6 is 0 Å². The molecule has 0 aliphatic carbocycles. The number of nitrogens with two attached hydrogens (primary N) is 1. The van der Waals surface area contributed by atoms with E-state index in [0.29, 0.717) is 22.0 Å². The van der Waals surface area contributed by atoms with Gasteiger partial charge >= 0.3 is 0 Å². The minimum absolute atomic E-state index is 0.221. The van der Waals surface area contributed by atoms with Crippen molar-refractivity contribution >= 4 is 34.0 Å². The molecule has 28 heavy (non-hydrogen) atoms. The summed E-state index contributed by atoms with van der Waals surface area (Å²) in [5.74, 6) is -0.221. The fourth-order valence-corrected chi connectivity index (χ4v) is 3.44. The van der Waals surface area contributed by atoms with Crippen LogP contribution in [0.3, 0.4) is 0 Å². The van der Waals surface area contributed by atoms with Gasteiger partial charge in [0.15, 0.2) is 0 Å². The smallest absolute Gasteiger partial charge is 0.258 e. The number of aromatic nitrogens is 1. The number of anilines is 2. The molecule has 0 saturated carbocycles. The Hall–Kier alpha value is -3.32. The number of likely N-dealkylation sites (N-methyl/N-ethyl adjacent to an activating group) is 1. The summed E-state index contributed by atoms with van der Waals surface area (Å²) < 4.78 is 0. The predicted octanol–water partition coefficient (Wildman–Crippen LogP) is 2.32. The third-order valence-electron chi connectivity index (χ3n) is 5.13. The molecule has 0 bridgehead atoms. The van der Waals surface area contributed by atoms with Crippen molar-refractivity contribution < 1.29 is 5.11 Å². The Labute approximate surface area is 162 Å². The van der Waals surface area contributed by atoms with Crippen LogP contribution in [-0.4, -0.2) is 54.4 Å². The molecular formula is C21H23N5O2. The SMILES string of the molecule is CN1CCN(c2ccc(N=Cc3c(O)[nH]c(=O)c4ccc(N)cc34)cc2)CC1. The highest BCUT2D eigenvalue weighted by molar-refractivity contribution is 6.02. The highest BCUT2D eigenvalue weighted by Crippen LogP contribution is 2.25. The summed E-state index contributed by atoms with van der Waals surface area (Å²) in [4.78, 5) is 23.6. The predicted molar refractivity (Wildman–Crippen MR) is 114 cm³/mol. The number of rotatable bonds is 3. The first-order chi connectivity index (χ1) is 13.5. The van der Waals surface area contributed by atoms with Crippen molar-refractivity contribution in [2.24, 2.45) is 4.99 Å². The number of nitrogens with zero attached hydrogens (tertiary/aromatic N) is 3. The number of aliphatic imine (C=N–C) groups is 1. The maximum absolute atomic E-state index is 12.0. The van der Waals surface area contributed by atoms with Crippen molar-refractivity contribution in [3.05, 3.63) is 58.4 Å². The summed E-state index contributed by atoms with van der Waals surface area (Å²) in [6.07, 6.45) is 1.55. The van der Waals surface area contributed by atoms with Crippen LogP contribution in [0, 0.1) is 0 Å². The van der Waals surface area contributed by atoms with E-state index in [1.807, 2.05) is 12.1 Å². The number of hydrogen-bond donors (Lipinski definition) is 3. The van der Waals surface area contributed by atoms with Gasteiger partial charge in [-0.1, -0.05) is 0 Å². The lowest BCUT2D eigenvalue weighted by molar-refractivity contribution is 0.313. The van der Waals surface area contributed by atoms with Crippen LogP contribution in [0.4, 0.5) is 17.1 Å². The molecule has 7 heteroatoms. The second-order valence-electron chi connectivity index (χ2n) is 7.09. The van der Waals surface area contributed by atoms with Crippen LogP contribution < -0.4 is 16.2 Å². The molecule has 2 heterocycles. The maximum atomic E-state index is 12.0. The molecule has 1 aliphatic heterocycles. The highest BCUT2D eigenvalue weighted by Gasteiger charge is 2.14. The number of nitrogen functional groups attached to an aromatic ring is 1. The summed E-state index contributed by atoms with van der Waals surface area (Å²) in [5, 5.41) is 11.2. The van der Waals surface area contributed by atoms with Gasteiger partial charge in [-0.3, -0.25) is 14.8 Å². The van der Waals surface area contributed by atoms with Crippen LogP contribution in [-0.2, 0) is 0 Å². The minimum Gasteiger partial charge on any atom is -0.494 e. The van der Waals surface area contributed by atoms with E-state index >= 15 is 0 Å². The zero-order valence-corrected chi connectivity index (χ0v) is 15.7. The van der Waals surface area contributed by atoms with Gasteiger partial charge in [0.05, 0.1) is 11.3 Å². The maximum Gasteiger partial charge on any atom is 0.258 e. The Morgan fingerprint density at radius 2 is 1.79 bits per heavy atom. The van der Waals surface area contributed by atoms with E-state index in [-0.39, 0.29) is 11.4 Å². The van der Waals surface area contributed by atoms with Crippen LogP contribution in [0.5, 0.6) is 5.88 Å². The van der Waals surface area contributed by atoms with Crippen LogP contribution in [0.15, 0.2) is 52.3 Å². The van der Waals surface area contributed by atoms with Crippen LogP contribution in [0.1, 0.15) is 5.56 Å². The van der Waals surface area contributed by atoms with Crippen LogP contribution in [0.25, 0.3) is 10.8 Å². The summed E-state index contributed by atoms with van der Waals surface area (Å²) in [5.41, 5.74) is 8.39. The Bertz CT molecular complexity index is 1080. The largest absolute Gasteiger partial charge is 0.494 e. The molecule has 0 unspecified atom stereocenters. The minimum atomic E-state index is -0.360. The van der Waals surface area contributed by atoms with Crippen LogP contribution in [0.2, 0.25) is 0 Å². The zero-order chi connectivity index (χ0) is 19.7. The fourth-order valence-electron chi connectivity index (χ4n) is 3.44. The van der Waals surface area contributed by atoms with E-state index in [2.05, 4.69) is 39.0 Å². The molecule has 7 nitrogen and oxygen atoms in total. The van der Waals surface area contributed by atoms with Gasteiger partial charge in [0, 0.05) is 54.5 Å². The summed E-state index contributed by atoms with van der Waals surface area (Å²) in [6, 6.07) is 13.0. The molecule has 1 aliphatic rings. The second kappa shape index (κ2) is 7.36. The van der Waals surface area contributed by atoms with Crippen molar-refractivity contribution in [3.63, 3.8) is 0 Å². The number of aromatic amines is 1. The van der Waals surface area contributed by atoms with Gasteiger partial charge in [-0.15, -0.1) is 0 Å². The molecule has 2 aromatic carbocycles. The van der Waals surface area contributed by atoms with E-state index in [0.717, 1.165) is 31.9 Å². The number of aromatic hydroxyl groups is 1. The Morgan fingerprint density at radius 1 is 1.07 bits per heavy atom. The number of H-pyrrole nitrogens is 1. The molecule has 1 saturated heterocycles. The molecule has 0 atom stereocenters. The van der Waals surface area contributed by atoms with Gasteiger partial charge in [-0.25, -0.2) is 0 Å². The molecule has 1 aromatic heterocycles. The fraction of sp³-hybridized carbons (Fsp3) is 0.238. The molecule has 0 radical (unpaired) electrons. The van der Waals surface area contributed by atoms with Crippen molar-refractivity contribution in [2.45, 2.75) is 0 Å². The number of hydrogen-bond acceptors (Lipinski definition) is 6. The average Bonchev–Trinajstić information content (AvgIpc) is 2.68. The lowest BCUT2D eigenvalue weighted by atomic mass is 10.1. The normalized spacial score (nSPS) is 15.5. The Balaban J connectivity index is 1.61. The van der Waals surface area contributed by atoms with E-state index in [9.17, 15) is 9.90 Å². The number of nitrogens with one attached hydrogen (secondary N) is 1. The van der Waals surface area contributed by atoms with E-state index in [1.54, 1.807) is 24.4 Å². The van der Waals surface area contributed by atoms with E-state index in [4.69, 9.17) is 5.73 Å². The summed E-state index contributed by atoms with van der Waals surface area (Å²) in [6.45, 7) is 4.14. The van der Waals surface area contributed by atoms with Gasteiger partial charge in [0.1, 0.15) is 0 Å². The van der Waals surface area contributed by atoms with E-state index < -0.39 is 0 Å². The number of benzene rings is 2. The first kappa shape index (κ1) is 18.1. The molecule has 144 valence electrons. The molecule has 4 rings (SSSR count). The van der Waals surface area contributed by atoms with Gasteiger partial charge < -0.3 is 20.6 Å². The second-order valence-corrected chi connectivity index (χ2v) is 7.09. The standard InChI is InChI=1S/C21H23N5O2/c1-25-8-10-26(11-9-25)16-5-3-15(4-6-16)23-13-19-18-12-14(22)2-7-17(18)20(27)24-21(19)28/h2-7,12-13H,8-11,22H2,1H3,(H2,24,27,28). The molecular weight excluding hydrogens is 354 g/mol. The molecule has 1 fully saturated rings. The first-order valence-electron chi connectivity index (χ1n) is 9.23.